The molecule has 0 amide bonds. The van der Waals surface area contributed by atoms with Crippen LogP contribution in [0.1, 0.15) is 23.2 Å². The highest BCUT2D eigenvalue weighted by atomic mass is 79.9. The molecule has 21 heavy (non-hydrogen) atoms. The highest BCUT2D eigenvalue weighted by molar-refractivity contribution is 9.09. The van der Waals surface area contributed by atoms with Crippen LogP contribution < -0.4 is 4.74 Å². The van der Waals surface area contributed by atoms with Crippen molar-refractivity contribution < 1.29 is 13.9 Å². The molecule has 3 nitrogen and oxygen atoms in total. The van der Waals surface area contributed by atoms with E-state index >= 15 is 0 Å². The molecule has 1 heterocycles. The zero-order valence-corrected chi connectivity index (χ0v) is 15.1. The van der Waals surface area contributed by atoms with Crippen LogP contribution >= 0.6 is 32.9 Å². The fourth-order valence-corrected chi connectivity index (χ4v) is 2.56. The van der Waals surface area contributed by atoms with E-state index in [2.05, 4.69) is 20.8 Å². The van der Waals surface area contributed by atoms with Gasteiger partial charge in [0.05, 0.1) is 5.33 Å². The number of nitrogens with zero attached hydrogens (tertiary/aromatic N) is 1. The smallest absolute Gasteiger partial charge is 0.173 e. The van der Waals surface area contributed by atoms with E-state index in [9.17, 15) is 9.18 Å². The van der Waals surface area contributed by atoms with Crippen molar-refractivity contribution in [1.29, 1.82) is 0 Å². The van der Waals surface area contributed by atoms with Crippen LogP contribution in [0.15, 0.2) is 24.3 Å². The average molecular weight is 425 g/mol. The molecule has 118 valence electrons. The van der Waals surface area contributed by atoms with E-state index in [-0.39, 0.29) is 22.8 Å². The van der Waals surface area contributed by atoms with Gasteiger partial charge in [0.1, 0.15) is 18.5 Å². The van der Waals surface area contributed by atoms with Crippen LogP contribution in [0.2, 0.25) is 0 Å². The highest BCUT2D eigenvalue weighted by Crippen LogP contribution is 2.15. The Hall–Kier alpha value is -0.460. The van der Waals surface area contributed by atoms with Gasteiger partial charge in [-0.3, -0.25) is 9.69 Å². The van der Waals surface area contributed by atoms with Gasteiger partial charge in [-0.1, -0.05) is 15.9 Å². The van der Waals surface area contributed by atoms with E-state index < -0.39 is 6.17 Å². The van der Waals surface area contributed by atoms with Gasteiger partial charge < -0.3 is 4.74 Å². The molecule has 1 aliphatic rings. The number of piperidine rings is 1. The van der Waals surface area contributed by atoms with Crippen molar-refractivity contribution >= 4 is 38.7 Å². The summed E-state index contributed by atoms with van der Waals surface area (Å²) in [5.74, 6) is 0.821. The monoisotopic (exact) mass is 423 g/mol. The lowest BCUT2D eigenvalue weighted by atomic mass is 10.1. The van der Waals surface area contributed by atoms with Crippen LogP contribution in [0, 0.1) is 0 Å². The molecule has 1 aromatic rings. The van der Waals surface area contributed by atoms with Crippen molar-refractivity contribution in [3.8, 4) is 5.75 Å². The first kappa shape index (κ1) is 18.6. The molecule has 0 unspecified atom stereocenters. The quantitative estimate of drug-likeness (QED) is 0.515. The van der Waals surface area contributed by atoms with E-state index in [0.29, 0.717) is 30.3 Å². The predicted octanol–water partition coefficient (Wildman–Crippen LogP) is 3.65. The Bertz CT molecular complexity index is 434. The van der Waals surface area contributed by atoms with Crippen LogP contribution in [0.25, 0.3) is 0 Å². The second kappa shape index (κ2) is 9.54. The maximum atomic E-state index is 13.0. The van der Waals surface area contributed by atoms with Crippen molar-refractivity contribution in [1.82, 2.24) is 4.90 Å². The molecule has 0 atom stereocenters. The molecule has 1 saturated heterocycles. The van der Waals surface area contributed by atoms with Crippen molar-refractivity contribution in [3.05, 3.63) is 29.8 Å². The molecule has 0 bridgehead atoms. The summed E-state index contributed by atoms with van der Waals surface area (Å²) in [6, 6.07) is 7.16. The first-order valence-electron chi connectivity index (χ1n) is 6.87. The Morgan fingerprint density at radius 1 is 1.29 bits per heavy atom. The molecule has 1 aliphatic heterocycles. The fourth-order valence-electron chi connectivity index (χ4n) is 2.23. The average Bonchev–Trinajstić information content (AvgIpc) is 2.49. The zero-order chi connectivity index (χ0) is 14.4. The van der Waals surface area contributed by atoms with Crippen LogP contribution in [0.4, 0.5) is 4.39 Å². The number of carbonyl (C=O) groups is 1. The van der Waals surface area contributed by atoms with Gasteiger partial charge in [0.2, 0.25) is 0 Å². The van der Waals surface area contributed by atoms with Gasteiger partial charge >= 0.3 is 0 Å². The molecule has 6 heteroatoms. The Labute approximate surface area is 143 Å². The highest BCUT2D eigenvalue weighted by Gasteiger charge is 2.17. The van der Waals surface area contributed by atoms with Crippen molar-refractivity contribution in [3.63, 3.8) is 0 Å². The van der Waals surface area contributed by atoms with Gasteiger partial charge in [-0.15, -0.1) is 17.0 Å². The van der Waals surface area contributed by atoms with E-state index in [1.807, 2.05) is 12.1 Å². The summed E-state index contributed by atoms with van der Waals surface area (Å²) >= 11 is 3.15. The van der Waals surface area contributed by atoms with E-state index in [0.717, 1.165) is 25.4 Å². The fraction of sp³-hybridized carbons (Fsp3) is 0.533. The molecule has 0 aliphatic carbocycles. The molecule has 0 N–H and O–H groups in total. The van der Waals surface area contributed by atoms with Gasteiger partial charge in [-0.05, 0) is 37.1 Å². The van der Waals surface area contributed by atoms with E-state index in [1.54, 1.807) is 12.1 Å². The second-order valence-corrected chi connectivity index (χ2v) is 5.51. The Morgan fingerprint density at radius 3 is 2.48 bits per heavy atom. The zero-order valence-electron chi connectivity index (χ0n) is 11.8. The SMILES string of the molecule is Br.O=C(CBr)c1ccc(OCCN2CCC(F)CC2)cc1. The lowest BCUT2D eigenvalue weighted by molar-refractivity contribution is 0.102. The number of hydrogen-bond donors (Lipinski definition) is 0. The number of ketones is 1. The third-order valence-electron chi connectivity index (χ3n) is 3.49. The number of benzene rings is 1. The van der Waals surface area contributed by atoms with Gasteiger partial charge in [-0.25, -0.2) is 4.39 Å². The third kappa shape index (κ3) is 6.04. The number of hydrogen-bond acceptors (Lipinski definition) is 3. The molecule has 0 saturated carbocycles. The Kier molecular flexibility index (Phi) is 8.44. The van der Waals surface area contributed by atoms with Crippen molar-refractivity contribution in [2.45, 2.75) is 19.0 Å². The summed E-state index contributed by atoms with van der Waals surface area (Å²) in [7, 11) is 0. The predicted molar refractivity (Wildman–Crippen MR) is 91.0 cm³/mol. The molecule has 0 spiro atoms. The van der Waals surface area contributed by atoms with Crippen molar-refractivity contribution in [2.75, 3.05) is 31.6 Å². The normalized spacial score (nSPS) is 16.3. The minimum atomic E-state index is -0.633. The second-order valence-electron chi connectivity index (χ2n) is 4.95. The van der Waals surface area contributed by atoms with E-state index in [1.165, 1.54) is 0 Å². The summed E-state index contributed by atoms with van der Waals surface area (Å²) in [6.45, 7) is 3.02. The number of halogens is 3. The molecular formula is C15H20Br2FNO2. The minimum Gasteiger partial charge on any atom is -0.492 e. The summed E-state index contributed by atoms with van der Waals surface area (Å²) in [5.41, 5.74) is 0.680. The lowest BCUT2D eigenvalue weighted by Crippen LogP contribution is -2.37. The molecule has 0 radical (unpaired) electrons. The maximum absolute atomic E-state index is 13.0. The topological polar surface area (TPSA) is 29.5 Å². The summed E-state index contributed by atoms with van der Waals surface area (Å²) in [5, 5.41) is 0.331. The largest absolute Gasteiger partial charge is 0.492 e. The molecule has 1 fully saturated rings. The first-order chi connectivity index (χ1) is 9.69. The molecule has 1 aromatic carbocycles. The van der Waals surface area contributed by atoms with Crippen LogP contribution in [0.3, 0.4) is 0 Å². The summed E-state index contributed by atoms with van der Waals surface area (Å²) < 4.78 is 18.6. The van der Waals surface area contributed by atoms with Crippen molar-refractivity contribution in [2.24, 2.45) is 0 Å². The summed E-state index contributed by atoms with van der Waals surface area (Å²) in [4.78, 5) is 13.7. The maximum Gasteiger partial charge on any atom is 0.173 e. The van der Waals surface area contributed by atoms with Gasteiger partial charge in [0.15, 0.2) is 5.78 Å². The number of ether oxygens (including phenoxy) is 1. The van der Waals surface area contributed by atoms with Crippen LogP contribution in [-0.4, -0.2) is 48.4 Å². The van der Waals surface area contributed by atoms with Gasteiger partial charge in [0.25, 0.3) is 0 Å². The minimum absolute atomic E-state index is 0. The Morgan fingerprint density at radius 2 is 1.90 bits per heavy atom. The number of Topliss-reactive ketones (excluding diaryl/α,β-unsaturated/α-hetero) is 1. The standard InChI is InChI=1S/C15H19BrFNO2.BrH/c16-11-15(19)12-1-3-14(4-2-12)20-10-9-18-7-5-13(17)6-8-18;/h1-4,13H,5-11H2;1H. The number of alkyl halides is 2. The Balaban J connectivity index is 0.00000220. The van der Waals surface area contributed by atoms with E-state index in [4.69, 9.17) is 4.74 Å². The molecular weight excluding hydrogens is 405 g/mol. The molecule has 2 rings (SSSR count). The first-order valence-corrected chi connectivity index (χ1v) is 7.99. The number of likely N-dealkylation sites (tertiary alicyclic amines) is 1. The van der Waals surface area contributed by atoms with Crippen LogP contribution in [-0.2, 0) is 0 Å². The lowest BCUT2D eigenvalue weighted by Gasteiger charge is -2.28. The number of rotatable bonds is 6. The molecule has 0 aromatic heterocycles. The number of carbonyl (C=O) groups excluding carboxylic acids is 1. The third-order valence-corrected chi connectivity index (χ3v) is 4.00. The van der Waals surface area contributed by atoms with Gasteiger partial charge in [0, 0.05) is 25.2 Å². The van der Waals surface area contributed by atoms with Gasteiger partial charge in [-0.2, -0.15) is 0 Å². The van der Waals surface area contributed by atoms with Crippen LogP contribution in [0.5, 0.6) is 5.75 Å². The summed E-state index contributed by atoms with van der Waals surface area (Å²) in [6.07, 6.45) is 0.624.